The molecule has 1 aromatic heterocycles. The number of carbonyl (C=O) groups excluding carboxylic acids is 1. The molecule has 0 unspecified atom stereocenters. The van der Waals surface area contributed by atoms with Gasteiger partial charge >= 0.3 is 0 Å². The van der Waals surface area contributed by atoms with Crippen LogP contribution < -0.4 is 11.0 Å². The van der Waals surface area contributed by atoms with Gasteiger partial charge < -0.3 is 0 Å². The van der Waals surface area contributed by atoms with Crippen molar-refractivity contribution < 1.29 is 4.79 Å². The van der Waals surface area contributed by atoms with Crippen molar-refractivity contribution >= 4 is 16.8 Å². The fourth-order valence-electron chi connectivity index (χ4n) is 2.83. The Morgan fingerprint density at radius 2 is 2.09 bits per heavy atom. The van der Waals surface area contributed by atoms with Gasteiger partial charge in [-0.25, -0.2) is 9.99 Å². The number of amides is 1. The maximum atomic E-state index is 12.6. The minimum atomic E-state index is -0.205. The van der Waals surface area contributed by atoms with E-state index in [0.29, 0.717) is 16.5 Å². The van der Waals surface area contributed by atoms with Crippen LogP contribution in [0.1, 0.15) is 35.4 Å². The number of fused-ring (bicyclic) bond motifs is 2. The van der Waals surface area contributed by atoms with Crippen molar-refractivity contribution in [3.8, 4) is 0 Å². The zero-order valence-electron chi connectivity index (χ0n) is 12.9. The van der Waals surface area contributed by atoms with Gasteiger partial charge in [-0.15, -0.1) is 0 Å². The van der Waals surface area contributed by atoms with Crippen LogP contribution in [0.15, 0.2) is 23.0 Å². The molecule has 0 aliphatic carbocycles. The van der Waals surface area contributed by atoms with Crippen molar-refractivity contribution in [1.29, 1.82) is 0 Å². The van der Waals surface area contributed by atoms with Crippen molar-refractivity contribution in [2.75, 3.05) is 14.1 Å². The Kier molecular flexibility index (Phi) is 3.94. The summed E-state index contributed by atoms with van der Waals surface area (Å²) in [6, 6.07) is 5.07. The van der Waals surface area contributed by atoms with Crippen LogP contribution in [0.5, 0.6) is 0 Å². The number of hydrogen-bond acceptors (Lipinski definition) is 4. The summed E-state index contributed by atoms with van der Waals surface area (Å²) in [7, 11) is 3.51. The lowest BCUT2D eigenvalue weighted by Gasteiger charge is -2.13. The molecule has 0 radical (unpaired) electrons. The van der Waals surface area contributed by atoms with E-state index in [1.165, 1.54) is 0 Å². The summed E-state index contributed by atoms with van der Waals surface area (Å²) in [6.45, 7) is 0.736. The predicted molar refractivity (Wildman–Crippen MR) is 84.7 cm³/mol. The van der Waals surface area contributed by atoms with Crippen molar-refractivity contribution in [3.05, 3.63) is 39.9 Å². The number of hydrogen-bond donors (Lipinski definition) is 1. The van der Waals surface area contributed by atoms with E-state index in [1.54, 1.807) is 41.9 Å². The van der Waals surface area contributed by atoms with Crippen LogP contribution in [-0.2, 0) is 13.0 Å². The standard InChI is InChI=1S/C16H20N4O2/c1-19(2)18-15(21)11-7-8-12-13(10-11)17-14-6-4-3-5-9-20(14)16(12)22/h7-8,10H,3-6,9H2,1-2H3,(H,18,21). The smallest absolute Gasteiger partial charge is 0.265 e. The molecule has 0 saturated carbocycles. The summed E-state index contributed by atoms with van der Waals surface area (Å²) in [5, 5.41) is 2.17. The monoisotopic (exact) mass is 300 g/mol. The van der Waals surface area contributed by atoms with E-state index in [9.17, 15) is 9.59 Å². The van der Waals surface area contributed by atoms with Gasteiger partial charge in [0.1, 0.15) is 5.82 Å². The Bertz CT molecular complexity index is 780. The quantitative estimate of drug-likeness (QED) is 0.850. The summed E-state index contributed by atoms with van der Waals surface area (Å²) >= 11 is 0. The van der Waals surface area contributed by atoms with E-state index in [-0.39, 0.29) is 11.5 Å². The van der Waals surface area contributed by atoms with Gasteiger partial charge in [-0.05, 0) is 31.0 Å². The molecule has 6 nitrogen and oxygen atoms in total. The number of nitrogens with one attached hydrogen (secondary N) is 1. The van der Waals surface area contributed by atoms with Crippen molar-refractivity contribution in [1.82, 2.24) is 20.0 Å². The maximum Gasteiger partial charge on any atom is 0.265 e. The van der Waals surface area contributed by atoms with Crippen LogP contribution >= 0.6 is 0 Å². The minimum absolute atomic E-state index is 0.00136. The molecule has 0 saturated heterocycles. The van der Waals surface area contributed by atoms with Crippen molar-refractivity contribution in [3.63, 3.8) is 0 Å². The molecule has 3 rings (SSSR count). The third-order valence-corrected chi connectivity index (χ3v) is 3.90. The summed E-state index contributed by atoms with van der Waals surface area (Å²) in [5.41, 5.74) is 3.80. The molecular weight excluding hydrogens is 280 g/mol. The van der Waals surface area contributed by atoms with Crippen LogP contribution in [0, 0.1) is 0 Å². The number of rotatable bonds is 2. The molecule has 0 fully saturated rings. The number of hydrazine groups is 1. The molecular formula is C16H20N4O2. The molecule has 2 heterocycles. The first-order valence-corrected chi connectivity index (χ1v) is 7.58. The summed E-state index contributed by atoms with van der Waals surface area (Å²) in [5.74, 6) is 0.629. The minimum Gasteiger partial charge on any atom is -0.296 e. The summed E-state index contributed by atoms with van der Waals surface area (Å²) < 4.78 is 1.79. The second-order valence-corrected chi connectivity index (χ2v) is 5.86. The first kappa shape index (κ1) is 14.7. The highest BCUT2D eigenvalue weighted by atomic mass is 16.2. The molecule has 1 aliphatic rings. The molecule has 2 aromatic rings. The lowest BCUT2D eigenvalue weighted by Crippen LogP contribution is -2.36. The Morgan fingerprint density at radius 3 is 2.86 bits per heavy atom. The van der Waals surface area contributed by atoms with Crippen LogP contribution in [0.2, 0.25) is 0 Å². The second-order valence-electron chi connectivity index (χ2n) is 5.86. The number of benzene rings is 1. The SMILES string of the molecule is CN(C)NC(=O)c1ccc2c(=O)n3c(nc2c1)CCCCC3. The van der Waals surface area contributed by atoms with Crippen molar-refractivity contribution in [2.45, 2.75) is 32.2 Å². The zero-order chi connectivity index (χ0) is 15.7. The zero-order valence-corrected chi connectivity index (χ0v) is 12.9. The van der Waals surface area contributed by atoms with Crippen LogP contribution in [0.3, 0.4) is 0 Å². The second kappa shape index (κ2) is 5.88. The largest absolute Gasteiger partial charge is 0.296 e. The lowest BCUT2D eigenvalue weighted by atomic mass is 10.1. The van der Waals surface area contributed by atoms with Crippen LogP contribution in [0.4, 0.5) is 0 Å². The first-order chi connectivity index (χ1) is 10.6. The molecule has 0 bridgehead atoms. The van der Waals surface area contributed by atoms with E-state index in [4.69, 9.17) is 0 Å². The fourth-order valence-corrected chi connectivity index (χ4v) is 2.83. The van der Waals surface area contributed by atoms with E-state index in [0.717, 1.165) is 38.1 Å². The molecule has 116 valence electrons. The van der Waals surface area contributed by atoms with E-state index in [2.05, 4.69) is 10.4 Å². The molecule has 6 heteroatoms. The molecule has 0 atom stereocenters. The average molecular weight is 300 g/mol. The van der Waals surface area contributed by atoms with E-state index >= 15 is 0 Å². The van der Waals surface area contributed by atoms with Gasteiger partial charge in [-0.3, -0.25) is 19.6 Å². The Hall–Kier alpha value is -2.21. The van der Waals surface area contributed by atoms with Gasteiger partial charge in [-0.2, -0.15) is 0 Å². The van der Waals surface area contributed by atoms with Crippen molar-refractivity contribution in [2.24, 2.45) is 0 Å². The first-order valence-electron chi connectivity index (χ1n) is 7.58. The van der Waals surface area contributed by atoms with Gasteiger partial charge in [0, 0.05) is 32.6 Å². The highest BCUT2D eigenvalue weighted by molar-refractivity contribution is 5.97. The topological polar surface area (TPSA) is 67.2 Å². The number of aromatic nitrogens is 2. The summed E-state index contributed by atoms with van der Waals surface area (Å²) in [6.07, 6.45) is 4.01. The Balaban J connectivity index is 2.09. The summed E-state index contributed by atoms with van der Waals surface area (Å²) in [4.78, 5) is 29.3. The molecule has 0 spiro atoms. The lowest BCUT2D eigenvalue weighted by molar-refractivity contribution is 0.0857. The molecule has 1 amide bonds. The van der Waals surface area contributed by atoms with Gasteiger partial charge in [0.25, 0.3) is 11.5 Å². The third-order valence-electron chi connectivity index (χ3n) is 3.90. The molecule has 1 aliphatic heterocycles. The highest BCUT2D eigenvalue weighted by Crippen LogP contribution is 2.16. The average Bonchev–Trinajstić information content (AvgIpc) is 2.71. The normalized spacial score (nSPS) is 14.7. The van der Waals surface area contributed by atoms with Gasteiger partial charge in [0.15, 0.2) is 0 Å². The fraction of sp³-hybridized carbons (Fsp3) is 0.438. The molecule has 1 N–H and O–H groups in total. The highest BCUT2D eigenvalue weighted by Gasteiger charge is 2.15. The van der Waals surface area contributed by atoms with Gasteiger partial charge in [0.2, 0.25) is 0 Å². The Morgan fingerprint density at radius 1 is 1.27 bits per heavy atom. The van der Waals surface area contributed by atoms with Crippen LogP contribution in [0.25, 0.3) is 10.9 Å². The van der Waals surface area contributed by atoms with E-state index in [1.807, 2.05) is 0 Å². The van der Waals surface area contributed by atoms with Gasteiger partial charge in [0.05, 0.1) is 10.9 Å². The van der Waals surface area contributed by atoms with Gasteiger partial charge in [-0.1, -0.05) is 6.42 Å². The number of nitrogens with zero attached hydrogens (tertiary/aromatic N) is 3. The van der Waals surface area contributed by atoms with Crippen LogP contribution in [-0.4, -0.2) is 34.6 Å². The molecule has 22 heavy (non-hydrogen) atoms. The number of carbonyl (C=O) groups is 1. The molecule has 1 aromatic carbocycles. The van der Waals surface area contributed by atoms with E-state index < -0.39 is 0 Å². The number of aryl methyl sites for hydroxylation is 1. The Labute approximate surface area is 128 Å². The maximum absolute atomic E-state index is 12.6. The third kappa shape index (κ3) is 2.74. The predicted octanol–water partition coefficient (Wildman–Crippen LogP) is 1.33.